The van der Waals surface area contributed by atoms with Crippen molar-refractivity contribution in [2.24, 2.45) is 0 Å². The van der Waals surface area contributed by atoms with Crippen molar-refractivity contribution < 1.29 is 9.53 Å². The van der Waals surface area contributed by atoms with Crippen LogP contribution in [0.15, 0.2) is 61.4 Å². The van der Waals surface area contributed by atoms with Crippen molar-refractivity contribution >= 4 is 11.6 Å². The summed E-state index contributed by atoms with van der Waals surface area (Å²) in [5, 5.41) is 3.31. The quantitative estimate of drug-likeness (QED) is 0.711. The van der Waals surface area contributed by atoms with E-state index in [1.165, 1.54) is 0 Å². The van der Waals surface area contributed by atoms with E-state index in [1.807, 2.05) is 43.3 Å². The molecule has 2 rings (SSSR count). The number of aromatic nitrogens is 1. The Morgan fingerprint density at radius 1 is 1.40 bits per heavy atom. The summed E-state index contributed by atoms with van der Waals surface area (Å²) in [5.41, 5.74) is 1.86. The number of rotatable bonds is 9. The van der Waals surface area contributed by atoms with E-state index in [9.17, 15) is 4.79 Å². The fourth-order valence-electron chi connectivity index (χ4n) is 2.57. The second-order valence-corrected chi connectivity index (χ2v) is 5.71. The average Bonchev–Trinajstić information content (AvgIpc) is 2.66. The predicted molar refractivity (Wildman–Crippen MR) is 101 cm³/mol. The Hall–Kier alpha value is -2.82. The molecule has 1 unspecified atom stereocenters. The Labute approximate surface area is 149 Å². The zero-order chi connectivity index (χ0) is 18.1. The smallest absolute Gasteiger partial charge is 0.245 e. The summed E-state index contributed by atoms with van der Waals surface area (Å²) in [6, 6.07) is 11.1. The van der Waals surface area contributed by atoms with Crippen LogP contribution in [0.1, 0.15) is 18.9 Å². The van der Waals surface area contributed by atoms with Crippen molar-refractivity contribution in [2.45, 2.75) is 25.9 Å². The maximum absolute atomic E-state index is 13.0. The van der Waals surface area contributed by atoms with Crippen LogP contribution >= 0.6 is 0 Å². The Balaban J connectivity index is 2.12. The third-order valence-electron chi connectivity index (χ3n) is 3.87. The molecule has 0 bridgehead atoms. The minimum atomic E-state index is -0.316. The Morgan fingerprint density at radius 3 is 2.88 bits per heavy atom. The molecule has 5 heteroatoms. The first-order valence-electron chi connectivity index (χ1n) is 8.37. The van der Waals surface area contributed by atoms with Crippen molar-refractivity contribution in [3.63, 3.8) is 0 Å². The lowest BCUT2D eigenvalue weighted by atomic mass is 10.1. The number of anilines is 1. The van der Waals surface area contributed by atoms with E-state index in [1.54, 1.807) is 30.5 Å². The van der Waals surface area contributed by atoms with Gasteiger partial charge in [-0.3, -0.25) is 9.78 Å². The SMILES string of the molecule is C=CCN(Cc1cccnc1)C(=O)C(CC)Nc1cccc(OC)c1. The molecular weight excluding hydrogens is 314 g/mol. The summed E-state index contributed by atoms with van der Waals surface area (Å²) < 4.78 is 5.24. The topological polar surface area (TPSA) is 54.5 Å². The lowest BCUT2D eigenvalue weighted by Crippen LogP contribution is -2.42. The molecule has 1 aromatic heterocycles. The molecule has 0 aliphatic rings. The lowest BCUT2D eigenvalue weighted by Gasteiger charge is -2.27. The Morgan fingerprint density at radius 2 is 2.24 bits per heavy atom. The Bertz CT molecular complexity index is 688. The van der Waals surface area contributed by atoms with Gasteiger partial charge in [-0.2, -0.15) is 0 Å². The van der Waals surface area contributed by atoms with E-state index < -0.39 is 0 Å². The number of carbonyl (C=O) groups excluding carboxylic acids is 1. The minimum Gasteiger partial charge on any atom is -0.497 e. The van der Waals surface area contributed by atoms with Crippen LogP contribution in [0.5, 0.6) is 5.75 Å². The maximum atomic E-state index is 13.0. The van der Waals surface area contributed by atoms with Crippen LogP contribution in [0.2, 0.25) is 0 Å². The number of nitrogens with zero attached hydrogens (tertiary/aromatic N) is 2. The predicted octanol–water partition coefficient (Wildman–Crippen LogP) is 3.50. The largest absolute Gasteiger partial charge is 0.497 e. The van der Waals surface area contributed by atoms with Gasteiger partial charge in [-0.05, 0) is 30.2 Å². The normalized spacial score (nSPS) is 11.4. The highest BCUT2D eigenvalue weighted by Gasteiger charge is 2.22. The van der Waals surface area contributed by atoms with E-state index in [0.29, 0.717) is 19.5 Å². The number of methoxy groups -OCH3 is 1. The van der Waals surface area contributed by atoms with E-state index >= 15 is 0 Å². The number of amides is 1. The minimum absolute atomic E-state index is 0.0362. The van der Waals surface area contributed by atoms with Gasteiger partial charge in [0.25, 0.3) is 0 Å². The summed E-state index contributed by atoms with van der Waals surface area (Å²) in [7, 11) is 1.63. The van der Waals surface area contributed by atoms with Crippen molar-refractivity contribution in [1.82, 2.24) is 9.88 Å². The highest BCUT2D eigenvalue weighted by molar-refractivity contribution is 5.84. The zero-order valence-corrected chi connectivity index (χ0v) is 14.8. The van der Waals surface area contributed by atoms with Gasteiger partial charge in [0.05, 0.1) is 7.11 Å². The number of carbonyl (C=O) groups is 1. The number of hydrogen-bond acceptors (Lipinski definition) is 4. The van der Waals surface area contributed by atoms with Crippen LogP contribution in [-0.2, 0) is 11.3 Å². The molecule has 5 nitrogen and oxygen atoms in total. The number of benzene rings is 1. The first-order chi connectivity index (χ1) is 12.2. The van der Waals surface area contributed by atoms with Gasteiger partial charge in [0.15, 0.2) is 0 Å². The molecule has 0 saturated carbocycles. The summed E-state index contributed by atoms with van der Waals surface area (Å²) in [4.78, 5) is 18.9. The summed E-state index contributed by atoms with van der Waals surface area (Å²) in [6.45, 7) is 6.76. The molecule has 1 atom stereocenters. The molecule has 1 N–H and O–H groups in total. The van der Waals surface area contributed by atoms with Crippen LogP contribution in [0, 0.1) is 0 Å². The van der Waals surface area contributed by atoms with E-state index in [0.717, 1.165) is 17.0 Å². The third-order valence-corrected chi connectivity index (χ3v) is 3.87. The van der Waals surface area contributed by atoms with Crippen LogP contribution in [0.25, 0.3) is 0 Å². The van der Waals surface area contributed by atoms with Gasteiger partial charge < -0.3 is 15.0 Å². The van der Waals surface area contributed by atoms with Gasteiger partial charge in [-0.1, -0.05) is 25.1 Å². The van der Waals surface area contributed by atoms with Crippen LogP contribution in [0.4, 0.5) is 5.69 Å². The molecule has 0 aliphatic carbocycles. The number of pyridine rings is 1. The molecule has 0 saturated heterocycles. The number of nitrogens with one attached hydrogen (secondary N) is 1. The number of hydrogen-bond donors (Lipinski definition) is 1. The van der Waals surface area contributed by atoms with Crippen molar-refractivity contribution in [2.75, 3.05) is 19.0 Å². The molecule has 0 spiro atoms. The molecule has 1 amide bonds. The van der Waals surface area contributed by atoms with Gasteiger partial charge in [0, 0.05) is 37.2 Å². The summed E-state index contributed by atoms with van der Waals surface area (Å²) in [5.74, 6) is 0.791. The van der Waals surface area contributed by atoms with E-state index in [2.05, 4.69) is 16.9 Å². The maximum Gasteiger partial charge on any atom is 0.245 e. The molecule has 132 valence electrons. The second-order valence-electron chi connectivity index (χ2n) is 5.71. The second kappa shape index (κ2) is 9.47. The fourth-order valence-corrected chi connectivity index (χ4v) is 2.57. The molecule has 1 aromatic carbocycles. The van der Waals surface area contributed by atoms with Gasteiger partial charge in [-0.15, -0.1) is 6.58 Å². The van der Waals surface area contributed by atoms with Gasteiger partial charge in [0.1, 0.15) is 11.8 Å². The van der Waals surface area contributed by atoms with Crippen LogP contribution in [0.3, 0.4) is 0 Å². The van der Waals surface area contributed by atoms with Gasteiger partial charge in [0.2, 0.25) is 5.91 Å². The molecule has 0 fully saturated rings. The monoisotopic (exact) mass is 339 g/mol. The molecule has 25 heavy (non-hydrogen) atoms. The molecule has 1 heterocycles. The van der Waals surface area contributed by atoms with E-state index in [-0.39, 0.29) is 11.9 Å². The summed E-state index contributed by atoms with van der Waals surface area (Å²) in [6.07, 6.45) is 5.92. The Kier molecular flexibility index (Phi) is 7.01. The first kappa shape index (κ1) is 18.5. The van der Waals surface area contributed by atoms with Crippen LogP contribution < -0.4 is 10.1 Å². The molecular formula is C20H25N3O2. The van der Waals surface area contributed by atoms with Crippen molar-refractivity contribution in [3.05, 3.63) is 67.0 Å². The number of ether oxygens (including phenoxy) is 1. The third kappa shape index (κ3) is 5.35. The van der Waals surface area contributed by atoms with Gasteiger partial charge in [-0.25, -0.2) is 0 Å². The average molecular weight is 339 g/mol. The fraction of sp³-hybridized carbons (Fsp3) is 0.300. The van der Waals surface area contributed by atoms with Crippen molar-refractivity contribution in [3.8, 4) is 5.75 Å². The molecule has 2 aromatic rings. The van der Waals surface area contributed by atoms with Crippen LogP contribution in [-0.4, -0.2) is 35.5 Å². The lowest BCUT2D eigenvalue weighted by molar-refractivity contribution is -0.132. The highest BCUT2D eigenvalue weighted by Crippen LogP contribution is 2.19. The standard InChI is InChI=1S/C20H25N3O2/c1-4-12-23(15-16-8-7-11-21-14-16)20(24)19(5-2)22-17-9-6-10-18(13-17)25-3/h4,6-11,13-14,19,22H,1,5,12,15H2,2-3H3. The van der Waals surface area contributed by atoms with Crippen molar-refractivity contribution in [1.29, 1.82) is 0 Å². The highest BCUT2D eigenvalue weighted by atomic mass is 16.5. The molecule has 0 aliphatic heterocycles. The van der Waals surface area contributed by atoms with E-state index in [4.69, 9.17) is 4.74 Å². The summed E-state index contributed by atoms with van der Waals surface area (Å²) >= 11 is 0. The molecule has 0 radical (unpaired) electrons. The van der Waals surface area contributed by atoms with Gasteiger partial charge >= 0.3 is 0 Å². The zero-order valence-electron chi connectivity index (χ0n) is 14.8. The first-order valence-corrected chi connectivity index (χ1v) is 8.37.